The van der Waals surface area contributed by atoms with Crippen LogP contribution in [0.15, 0.2) is 0 Å². The van der Waals surface area contributed by atoms with Gasteiger partial charge in [-0.2, -0.15) is 0 Å². The Morgan fingerprint density at radius 2 is 0.246 bits per heavy atom. The number of hydrogen-bond acceptors (Lipinski definition) is 12. The first-order valence-corrected chi connectivity index (χ1v) is 51.9. The first-order chi connectivity index (χ1) is 60.9. The Balaban J connectivity index is 0.000000761. The van der Waals surface area contributed by atoms with Gasteiger partial charge in [-0.25, -0.2) is 0 Å². The lowest BCUT2D eigenvalue weighted by Crippen LogP contribution is -2.40. The summed E-state index contributed by atoms with van der Waals surface area (Å²) in [5.74, 6) is -4.57. The van der Waals surface area contributed by atoms with Gasteiger partial charge in [0.2, 0.25) is 35.4 Å². The van der Waals surface area contributed by atoms with Gasteiger partial charge in [0.1, 0.15) is 0 Å². The molecule has 0 radical (unpaired) electrons. The summed E-state index contributed by atoms with van der Waals surface area (Å²) in [5, 5.41) is 53.6. The summed E-state index contributed by atoms with van der Waals surface area (Å²) in [6.07, 6.45) is 71.2. The smallest absolute Gasteiger partial charge is 0.306 e. The van der Waals surface area contributed by atoms with Crippen molar-refractivity contribution in [3.05, 3.63) is 0 Å². The molecule has 126 heavy (non-hydrogen) atoms. The van der Waals surface area contributed by atoms with E-state index in [0.29, 0.717) is 194 Å². The van der Waals surface area contributed by atoms with Gasteiger partial charge < -0.3 is 60.0 Å². The maximum absolute atomic E-state index is 12.2. The van der Waals surface area contributed by atoms with Crippen molar-refractivity contribution in [1.82, 2.24) is 29.4 Å². The van der Waals surface area contributed by atoms with Gasteiger partial charge in [-0.3, -0.25) is 57.5 Å². The second kappa shape index (κ2) is 79.6. The number of carbonyl (C=O) groups excluding carboxylic acids is 6. The molecule has 6 aliphatic rings. The number of carboxylic acids is 6. The SMILES string of the molecule is CCCCCC(=O)N1CCC(C(=O)O)CC1.CCCCCCCC(=O)N1CCC(C(=O)O)CC1.CCCCCCCCCC(=O)N1CCC(C(=O)O)CC1.CCCCCCCCCCCC(=O)N1CCC(C(=O)O)CC1.CCCCCCCCCCCCCC(=O)N1CCC(C(=O)O)CC1.CCCCCCCCCCCCCCCC(=O)N1CCC(C(=O)O)CC1. The van der Waals surface area contributed by atoms with E-state index in [1.54, 1.807) is 0 Å². The summed E-state index contributed by atoms with van der Waals surface area (Å²) in [5.41, 5.74) is 0. The third-order valence-corrected chi connectivity index (χ3v) is 26.6. The third-order valence-electron chi connectivity index (χ3n) is 26.6. The average Bonchev–Trinajstić information content (AvgIpc) is 0.888. The molecule has 0 bridgehead atoms. The fourth-order valence-corrected chi connectivity index (χ4v) is 17.7. The number of amides is 6. The maximum atomic E-state index is 12.2. The van der Waals surface area contributed by atoms with Crippen LogP contribution in [-0.4, -0.2) is 210 Å². The highest BCUT2D eigenvalue weighted by molar-refractivity contribution is 5.80. The van der Waals surface area contributed by atoms with E-state index in [1.807, 2.05) is 29.4 Å². The number of hydrogen-bond donors (Lipinski definition) is 6. The van der Waals surface area contributed by atoms with E-state index >= 15 is 0 Å². The molecular formula is C102H186N6O18. The van der Waals surface area contributed by atoms with Crippen molar-refractivity contribution < 1.29 is 88.2 Å². The predicted octanol–water partition coefficient (Wildman–Crippen LogP) is 23.0. The predicted molar refractivity (Wildman–Crippen MR) is 505 cm³/mol. The maximum Gasteiger partial charge on any atom is 0.306 e. The normalized spacial score (nSPS) is 16.1. The Hall–Kier alpha value is -6.36. The average molecular weight is 1780 g/mol. The highest BCUT2D eigenvalue weighted by atomic mass is 16.4. The van der Waals surface area contributed by atoms with Gasteiger partial charge in [0.05, 0.1) is 35.5 Å². The van der Waals surface area contributed by atoms with Crippen molar-refractivity contribution in [2.75, 3.05) is 78.5 Å². The largest absolute Gasteiger partial charge is 0.481 e. The summed E-state index contributed by atoms with van der Waals surface area (Å²) >= 11 is 0. The molecule has 24 heteroatoms. The highest BCUT2D eigenvalue weighted by Gasteiger charge is 2.32. The van der Waals surface area contributed by atoms with Crippen LogP contribution in [-0.2, 0) is 57.5 Å². The minimum atomic E-state index is -0.724. The second-order valence-electron chi connectivity index (χ2n) is 37.3. The zero-order valence-corrected chi connectivity index (χ0v) is 80.9. The number of aliphatic carboxylic acids is 6. The van der Waals surface area contributed by atoms with Crippen LogP contribution in [0.2, 0.25) is 0 Å². The highest BCUT2D eigenvalue weighted by Crippen LogP contribution is 2.27. The van der Waals surface area contributed by atoms with Gasteiger partial charge in [0.25, 0.3) is 0 Å². The van der Waals surface area contributed by atoms with Gasteiger partial charge in [0, 0.05) is 117 Å². The Labute approximate surface area is 764 Å². The van der Waals surface area contributed by atoms with Crippen molar-refractivity contribution in [3.8, 4) is 0 Å². The van der Waals surface area contributed by atoms with Gasteiger partial charge >= 0.3 is 35.8 Å². The van der Waals surface area contributed by atoms with Gasteiger partial charge in [-0.05, 0) is 116 Å². The zero-order chi connectivity index (χ0) is 93.0. The number of rotatable bonds is 60. The number of carboxylic acid groups (broad SMARTS) is 6. The minimum Gasteiger partial charge on any atom is -0.481 e. The van der Waals surface area contributed by atoms with Crippen LogP contribution in [0.5, 0.6) is 0 Å². The Bertz CT molecular complexity index is 2820. The lowest BCUT2D eigenvalue weighted by atomic mass is 9.97. The molecule has 6 amide bonds. The van der Waals surface area contributed by atoms with Crippen molar-refractivity contribution in [3.63, 3.8) is 0 Å². The molecule has 0 aromatic heterocycles. The molecule has 6 heterocycles. The van der Waals surface area contributed by atoms with Crippen molar-refractivity contribution >= 4 is 71.3 Å². The van der Waals surface area contributed by atoms with Gasteiger partial charge in [-0.1, -0.05) is 311 Å². The van der Waals surface area contributed by atoms with E-state index in [1.165, 1.54) is 225 Å². The van der Waals surface area contributed by atoms with Crippen LogP contribution in [0.3, 0.4) is 0 Å². The molecule has 0 saturated carbocycles. The lowest BCUT2D eigenvalue weighted by Gasteiger charge is -2.30. The number of piperidine rings is 6. The molecule has 0 unspecified atom stereocenters. The first kappa shape index (κ1) is 118. The summed E-state index contributed by atoms with van der Waals surface area (Å²) < 4.78 is 0. The minimum absolute atomic E-state index is 0.192. The summed E-state index contributed by atoms with van der Waals surface area (Å²) in [6.45, 7) is 20.7. The Morgan fingerprint density at radius 1 is 0.159 bits per heavy atom. The lowest BCUT2D eigenvalue weighted by molar-refractivity contribution is -0.146. The van der Waals surface area contributed by atoms with Crippen LogP contribution in [0.4, 0.5) is 0 Å². The number of carbonyl (C=O) groups is 12. The van der Waals surface area contributed by atoms with E-state index in [2.05, 4.69) is 41.5 Å². The summed E-state index contributed by atoms with van der Waals surface area (Å²) in [6, 6.07) is 0. The molecular weight excluding hydrogens is 1600 g/mol. The Kier molecular flexibility index (Phi) is 74.3. The van der Waals surface area contributed by atoms with Crippen LogP contribution < -0.4 is 0 Å². The van der Waals surface area contributed by atoms with Crippen molar-refractivity contribution in [1.29, 1.82) is 0 Å². The fraction of sp³-hybridized carbons (Fsp3) is 0.882. The fourth-order valence-electron chi connectivity index (χ4n) is 17.7. The number of likely N-dealkylation sites (tertiary alicyclic amines) is 6. The molecule has 6 N–H and O–H groups in total. The molecule has 24 nitrogen and oxygen atoms in total. The molecule has 0 spiro atoms. The van der Waals surface area contributed by atoms with Crippen LogP contribution in [0.1, 0.15) is 465 Å². The molecule has 6 rings (SSSR count). The summed E-state index contributed by atoms with van der Waals surface area (Å²) in [4.78, 5) is 148. The standard InChI is InChI=1S/C22H41NO3.C20H37NO3.C18H33NO3.C16H29NO3.C14H25NO3.C12H21NO3/c1-2-3-4-5-6-7-8-9-10-11-12-13-14-15-21(24)23-18-16-20(17-19-23)22(25)26;1-2-3-4-5-6-7-8-9-10-11-12-13-19(22)21-16-14-18(15-17-21)20(23)24;1-2-3-4-5-6-7-8-9-10-11-17(20)19-14-12-16(13-15-19)18(21)22;1-2-3-4-5-6-7-8-9-15(18)17-12-10-14(11-13-17)16(19)20;1-2-3-4-5-6-7-13(16)15-10-8-12(9-11-15)14(17)18;1-2-3-4-5-11(14)13-8-6-10(7-9-13)12(15)16/h20H,2-19H2,1H3,(H,25,26);18H,2-17H2,1H3,(H,23,24);16H,2-15H2,1H3,(H,21,22);14H,2-13H2,1H3,(H,19,20);12H,2-11H2,1H3,(H,17,18);10H,2-9H2,1H3,(H,15,16). The molecule has 0 aliphatic carbocycles. The molecule has 0 aromatic rings. The number of unbranched alkanes of at least 4 members (excludes halogenated alkanes) is 42. The van der Waals surface area contributed by atoms with E-state index in [9.17, 15) is 57.5 Å². The van der Waals surface area contributed by atoms with Crippen LogP contribution in [0, 0.1) is 35.5 Å². The van der Waals surface area contributed by atoms with E-state index < -0.39 is 35.8 Å². The zero-order valence-electron chi connectivity index (χ0n) is 80.9. The molecule has 0 aromatic carbocycles. The molecule has 0 atom stereocenters. The van der Waals surface area contributed by atoms with E-state index in [-0.39, 0.29) is 71.0 Å². The topological polar surface area (TPSA) is 346 Å². The third kappa shape index (κ3) is 61.3. The molecule has 6 saturated heterocycles. The molecule has 6 aliphatic heterocycles. The van der Waals surface area contributed by atoms with Gasteiger partial charge in [-0.15, -0.1) is 0 Å². The monoisotopic (exact) mass is 1780 g/mol. The van der Waals surface area contributed by atoms with E-state index in [0.717, 1.165) is 83.5 Å². The summed E-state index contributed by atoms with van der Waals surface area (Å²) in [7, 11) is 0. The molecule has 732 valence electrons. The quantitative estimate of drug-likeness (QED) is 0.0308. The number of nitrogens with zero attached hydrogens (tertiary/aromatic N) is 6. The second-order valence-corrected chi connectivity index (χ2v) is 37.3. The van der Waals surface area contributed by atoms with Crippen LogP contribution >= 0.6 is 0 Å². The first-order valence-electron chi connectivity index (χ1n) is 51.9. The van der Waals surface area contributed by atoms with Crippen molar-refractivity contribution in [2.45, 2.75) is 465 Å². The molecule has 6 fully saturated rings. The van der Waals surface area contributed by atoms with Crippen LogP contribution in [0.25, 0.3) is 0 Å². The van der Waals surface area contributed by atoms with E-state index in [4.69, 9.17) is 30.6 Å². The van der Waals surface area contributed by atoms with Crippen molar-refractivity contribution in [2.24, 2.45) is 35.5 Å². The Morgan fingerprint density at radius 3 is 0.349 bits per heavy atom. The van der Waals surface area contributed by atoms with Gasteiger partial charge in [0.15, 0.2) is 0 Å².